The van der Waals surface area contributed by atoms with Gasteiger partial charge in [-0.3, -0.25) is 0 Å². The third-order valence-electron chi connectivity index (χ3n) is 9.92. The molecule has 0 aliphatic carbocycles. The molecule has 0 saturated heterocycles. The van der Waals surface area contributed by atoms with Crippen molar-refractivity contribution in [2.45, 2.75) is 0 Å². The molecule has 10 aromatic rings. The summed E-state index contributed by atoms with van der Waals surface area (Å²) < 4.78 is 2.41. The summed E-state index contributed by atoms with van der Waals surface area (Å²) >= 11 is 0. The van der Waals surface area contributed by atoms with Crippen molar-refractivity contribution in [1.82, 2.24) is 4.57 Å². The first-order valence-corrected chi connectivity index (χ1v) is 16.3. The van der Waals surface area contributed by atoms with Crippen molar-refractivity contribution in [2.75, 3.05) is 0 Å². The SMILES string of the molecule is c1ccc2cc(-c3ccc4cc(-n5c6ccccc6c6cc(-c7ccc8c(ccc9ccccc98)c7)ccc65)ccc4c3)ccc2c1. The van der Waals surface area contributed by atoms with Crippen LogP contribution in [0.2, 0.25) is 0 Å². The summed E-state index contributed by atoms with van der Waals surface area (Å²) in [6, 6.07) is 64.7. The van der Waals surface area contributed by atoms with Gasteiger partial charge in [-0.25, -0.2) is 0 Å². The molecule has 0 aliphatic heterocycles. The van der Waals surface area contributed by atoms with Crippen molar-refractivity contribution >= 4 is 64.9 Å². The average molecular weight is 596 g/mol. The fourth-order valence-electron chi connectivity index (χ4n) is 7.54. The Morgan fingerprint density at radius 1 is 0.255 bits per heavy atom. The van der Waals surface area contributed by atoms with Crippen LogP contribution < -0.4 is 0 Å². The Labute approximate surface area is 272 Å². The predicted octanol–water partition coefficient (Wildman–Crippen LogP) is 12.7. The quantitative estimate of drug-likeness (QED) is 0.179. The smallest absolute Gasteiger partial charge is 0.0541 e. The van der Waals surface area contributed by atoms with E-state index in [-0.39, 0.29) is 0 Å². The van der Waals surface area contributed by atoms with Crippen molar-refractivity contribution in [3.8, 4) is 27.9 Å². The highest BCUT2D eigenvalue weighted by Gasteiger charge is 2.14. The van der Waals surface area contributed by atoms with Gasteiger partial charge >= 0.3 is 0 Å². The van der Waals surface area contributed by atoms with Gasteiger partial charge in [-0.05, 0) is 114 Å². The van der Waals surface area contributed by atoms with Gasteiger partial charge in [0.25, 0.3) is 0 Å². The molecule has 0 saturated carbocycles. The molecule has 0 atom stereocenters. The molecule has 0 aliphatic rings. The van der Waals surface area contributed by atoms with E-state index < -0.39 is 0 Å². The topological polar surface area (TPSA) is 4.93 Å². The second-order valence-electron chi connectivity index (χ2n) is 12.6. The summed E-state index contributed by atoms with van der Waals surface area (Å²) in [7, 11) is 0. The zero-order chi connectivity index (χ0) is 30.9. The summed E-state index contributed by atoms with van der Waals surface area (Å²) in [5.74, 6) is 0. The number of benzene rings is 9. The minimum absolute atomic E-state index is 1.17. The Bertz CT molecular complexity index is 2850. The first-order valence-electron chi connectivity index (χ1n) is 16.3. The molecule has 218 valence electrons. The number of aromatic nitrogens is 1. The van der Waals surface area contributed by atoms with E-state index in [9.17, 15) is 0 Å². The fraction of sp³-hybridized carbons (Fsp3) is 0. The Morgan fingerprint density at radius 3 is 1.60 bits per heavy atom. The van der Waals surface area contributed by atoms with Gasteiger partial charge in [0.1, 0.15) is 0 Å². The maximum Gasteiger partial charge on any atom is 0.0541 e. The molecule has 0 N–H and O–H groups in total. The highest BCUT2D eigenvalue weighted by molar-refractivity contribution is 6.12. The molecule has 10 rings (SSSR count). The van der Waals surface area contributed by atoms with E-state index in [1.54, 1.807) is 0 Å². The van der Waals surface area contributed by atoms with Crippen LogP contribution in [0.5, 0.6) is 0 Å². The monoisotopic (exact) mass is 595 g/mol. The van der Waals surface area contributed by atoms with Crippen molar-refractivity contribution in [3.63, 3.8) is 0 Å². The van der Waals surface area contributed by atoms with Crippen molar-refractivity contribution in [2.24, 2.45) is 0 Å². The maximum absolute atomic E-state index is 2.41. The third-order valence-corrected chi connectivity index (χ3v) is 9.92. The number of hydrogen-bond acceptors (Lipinski definition) is 0. The van der Waals surface area contributed by atoms with Crippen molar-refractivity contribution in [1.29, 1.82) is 0 Å². The molecule has 1 heteroatoms. The van der Waals surface area contributed by atoms with E-state index in [1.165, 1.54) is 92.8 Å². The van der Waals surface area contributed by atoms with Gasteiger partial charge in [-0.15, -0.1) is 0 Å². The summed E-state index contributed by atoms with van der Waals surface area (Å²) in [6.07, 6.45) is 0. The van der Waals surface area contributed by atoms with Crippen LogP contribution in [-0.4, -0.2) is 4.57 Å². The summed E-state index contributed by atoms with van der Waals surface area (Å²) in [5.41, 5.74) is 8.56. The van der Waals surface area contributed by atoms with Gasteiger partial charge in [0.05, 0.1) is 11.0 Å². The molecule has 0 fully saturated rings. The lowest BCUT2D eigenvalue weighted by Crippen LogP contribution is -1.94. The molecular formula is C46H29N. The third kappa shape index (κ3) is 4.17. The number of fused-ring (bicyclic) bond motifs is 8. The van der Waals surface area contributed by atoms with E-state index in [2.05, 4.69) is 180 Å². The Balaban J connectivity index is 1.08. The van der Waals surface area contributed by atoms with Crippen LogP contribution in [0.15, 0.2) is 176 Å². The van der Waals surface area contributed by atoms with Crippen molar-refractivity contribution < 1.29 is 0 Å². The first-order chi connectivity index (χ1) is 23.3. The number of nitrogens with zero attached hydrogens (tertiary/aromatic N) is 1. The molecule has 1 heterocycles. The molecule has 1 aromatic heterocycles. The zero-order valence-corrected chi connectivity index (χ0v) is 25.7. The normalized spacial score (nSPS) is 11.8. The molecule has 1 nitrogen and oxygen atoms in total. The van der Waals surface area contributed by atoms with Crippen LogP contribution in [0.1, 0.15) is 0 Å². The average Bonchev–Trinajstić information content (AvgIpc) is 3.47. The minimum atomic E-state index is 1.17. The highest BCUT2D eigenvalue weighted by atomic mass is 15.0. The second kappa shape index (κ2) is 10.2. The Morgan fingerprint density at radius 2 is 0.745 bits per heavy atom. The summed E-state index contributed by atoms with van der Waals surface area (Å²) in [6.45, 7) is 0. The Hall–Kier alpha value is -6.18. The van der Waals surface area contributed by atoms with Crippen LogP contribution >= 0.6 is 0 Å². The first kappa shape index (κ1) is 26.1. The molecule has 0 amide bonds. The lowest BCUT2D eigenvalue weighted by molar-refractivity contribution is 1.19. The largest absolute Gasteiger partial charge is 0.309 e. The van der Waals surface area contributed by atoms with Crippen LogP contribution in [-0.2, 0) is 0 Å². The minimum Gasteiger partial charge on any atom is -0.309 e. The molecular weight excluding hydrogens is 567 g/mol. The van der Waals surface area contributed by atoms with Crippen LogP contribution in [0.25, 0.3) is 92.8 Å². The van der Waals surface area contributed by atoms with Crippen LogP contribution in [0, 0.1) is 0 Å². The van der Waals surface area contributed by atoms with Gasteiger partial charge in [0.15, 0.2) is 0 Å². The lowest BCUT2D eigenvalue weighted by atomic mass is 9.96. The van der Waals surface area contributed by atoms with E-state index >= 15 is 0 Å². The van der Waals surface area contributed by atoms with Gasteiger partial charge in [0.2, 0.25) is 0 Å². The van der Waals surface area contributed by atoms with Gasteiger partial charge < -0.3 is 4.57 Å². The van der Waals surface area contributed by atoms with E-state index in [0.29, 0.717) is 0 Å². The standard InChI is InChI=1S/C46H29N/c1-2-9-32-25-33(15-13-30(32)7-1)34-16-17-37-28-40(22-19-35(37)26-34)47-45-12-6-5-11-43(45)44-29-38(21-24-46(44)47)36-20-23-42-39(27-36)18-14-31-8-3-4-10-41(31)42/h1-29H. The van der Waals surface area contributed by atoms with E-state index in [4.69, 9.17) is 0 Å². The zero-order valence-electron chi connectivity index (χ0n) is 25.7. The number of rotatable bonds is 3. The second-order valence-corrected chi connectivity index (χ2v) is 12.6. The van der Waals surface area contributed by atoms with Gasteiger partial charge in [-0.2, -0.15) is 0 Å². The summed E-state index contributed by atoms with van der Waals surface area (Å²) in [4.78, 5) is 0. The Kier molecular flexibility index (Phi) is 5.64. The van der Waals surface area contributed by atoms with E-state index in [0.717, 1.165) is 0 Å². The molecule has 0 spiro atoms. The van der Waals surface area contributed by atoms with Gasteiger partial charge in [-0.1, -0.05) is 127 Å². The van der Waals surface area contributed by atoms with Crippen molar-refractivity contribution in [3.05, 3.63) is 176 Å². The van der Waals surface area contributed by atoms with Crippen LogP contribution in [0.3, 0.4) is 0 Å². The molecule has 0 unspecified atom stereocenters. The predicted molar refractivity (Wildman–Crippen MR) is 202 cm³/mol. The molecule has 47 heavy (non-hydrogen) atoms. The number of hydrogen-bond donors (Lipinski definition) is 0. The highest BCUT2D eigenvalue weighted by Crippen LogP contribution is 2.37. The maximum atomic E-state index is 2.41. The lowest BCUT2D eigenvalue weighted by Gasteiger charge is -2.11. The summed E-state index contributed by atoms with van der Waals surface area (Å²) in [5, 5.41) is 12.7. The number of para-hydroxylation sites is 1. The van der Waals surface area contributed by atoms with Crippen LogP contribution in [0.4, 0.5) is 0 Å². The van der Waals surface area contributed by atoms with Gasteiger partial charge in [0, 0.05) is 16.5 Å². The van der Waals surface area contributed by atoms with E-state index in [1.807, 2.05) is 0 Å². The molecule has 0 bridgehead atoms. The fourth-order valence-corrected chi connectivity index (χ4v) is 7.54. The molecule has 0 radical (unpaired) electrons. The molecule has 9 aromatic carbocycles.